The van der Waals surface area contributed by atoms with Crippen molar-refractivity contribution in [3.8, 4) is 0 Å². The smallest absolute Gasteiger partial charge is 0.155 e. The molecule has 1 rings (SSSR count). The number of halogens is 1. The van der Waals surface area contributed by atoms with E-state index in [1.165, 1.54) is 43.7 Å². The minimum atomic E-state index is 1.00. The summed E-state index contributed by atoms with van der Waals surface area (Å²) in [6.07, 6.45) is 8.91. The van der Waals surface area contributed by atoms with Crippen LogP contribution in [0.25, 0.3) is 0 Å². The molecule has 0 unspecified atom stereocenters. The molecule has 0 amide bonds. The molecule has 1 aliphatic carbocycles. The SMILES string of the molecule is CC1CCCC(BI)CCC1. The Morgan fingerprint density at radius 1 is 1.09 bits per heavy atom. The van der Waals surface area contributed by atoms with Crippen LogP contribution in [-0.4, -0.2) is 5.14 Å². The summed E-state index contributed by atoms with van der Waals surface area (Å²) in [7, 11) is 0. The van der Waals surface area contributed by atoms with Gasteiger partial charge in [0, 0.05) is 0 Å². The van der Waals surface area contributed by atoms with Crippen molar-refractivity contribution in [2.24, 2.45) is 5.92 Å². The van der Waals surface area contributed by atoms with Crippen molar-refractivity contribution in [1.82, 2.24) is 0 Å². The van der Waals surface area contributed by atoms with Gasteiger partial charge in [-0.05, 0) is 5.92 Å². The van der Waals surface area contributed by atoms with E-state index in [1.54, 1.807) is 0 Å². The Labute approximate surface area is 84.6 Å². The second-order valence-corrected chi connectivity index (χ2v) is 4.87. The Balaban J connectivity index is 2.22. The van der Waals surface area contributed by atoms with Crippen LogP contribution in [-0.2, 0) is 0 Å². The van der Waals surface area contributed by atoms with Crippen molar-refractivity contribution >= 4 is 27.5 Å². The maximum atomic E-state index is 2.54. The predicted molar refractivity (Wildman–Crippen MR) is 61.8 cm³/mol. The fraction of sp³-hybridized carbons (Fsp3) is 1.00. The molecule has 1 saturated carbocycles. The van der Waals surface area contributed by atoms with Gasteiger partial charge in [0.25, 0.3) is 0 Å². The fourth-order valence-corrected chi connectivity index (χ4v) is 2.83. The summed E-state index contributed by atoms with van der Waals surface area (Å²) in [6, 6.07) is 0. The highest BCUT2D eigenvalue weighted by Gasteiger charge is 2.13. The first-order valence-corrected chi connectivity index (χ1v) is 6.41. The zero-order valence-corrected chi connectivity index (χ0v) is 9.64. The van der Waals surface area contributed by atoms with E-state index >= 15 is 0 Å². The van der Waals surface area contributed by atoms with E-state index in [0.29, 0.717) is 0 Å². The van der Waals surface area contributed by atoms with Crippen molar-refractivity contribution in [2.45, 2.75) is 51.3 Å². The van der Waals surface area contributed by atoms with Crippen LogP contribution in [0.15, 0.2) is 0 Å². The topological polar surface area (TPSA) is 0 Å². The van der Waals surface area contributed by atoms with Crippen molar-refractivity contribution in [1.29, 1.82) is 0 Å². The Morgan fingerprint density at radius 3 is 2.09 bits per heavy atom. The normalized spacial score (nSPS) is 34.0. The van der Waals surface area contributed by atoms with Crippen LogP contribution in [0.4, 0.5) is 0 Å². The molecule has 11 heavy (non-hydrogen) atoms. The highest BCUT2D eigenvalue weighted by Crippen LogP contribution is 2.29. The molecule has 0 aliphatic heterocycles. The minimum Gasteiger partial charge on any atom is -0.155 e. The first-order valence-electron chi connectivity index (χ1n) is 4.89. The molecule has 1 aliphatic rings. The van der Waals surface area contributed by atoms with Gasteiger partial charge in [-0.15, -0.1) is 0 Å². The molecule has 1 fully saturated rings. The molecule has 0 spiro atoms. The van der Waals surface area contributed by atoms with Crippen LogP contribution in [0.3, 0.4) is 0 Å². The van der Waals surface area contributed by atoms with Gasteiger partial charge < -0.3 is 0 Å². The molecular formula is C9H18BI. The first kappa shape index (κ1) is 9.88. The van der Waals surface area contributed by atoms with Gasteiger partial charge in [-0.25, -0.2) is 0 Å². The molecule has 0 heterocycles. The minimum absolute atomic E-state index is 1.00. The summed E-state index contributed by atoms with van der Waals surface area (Å²) in [5.74, 6) is 2.05. The molecule has 0 aromatic carbocycles. The number of hydrogen-bond acceptors (Lipinski definition) is 0. The number of rotatable bonds is 1. The van der Waals surface area contributed by atoms with E-state index in [9.17, 15) is 0 Å². The van der Waals surface area contributed by atoms with Gasteiger partial charge in [-0.1, -0.05) is 51.3 Å². The maximum Gasteiger partial charge on any atom is 0.203 e. The Kier molecular flexibility index (Phi) is 4.89. The average molecular weight is 264 g/mol. The van der Waals surface area contributed by atoms with Gasteiger partial charge >= 0.3 is 0 Å². The molecular weight excluding hydrogens is 246 g/mol. The summed E-state index contributed by atoms with van der Waals surface area (Å²) >= 11 is 2.54. The maximum absolute atomic E-state index is 2.54. The predicted octanol–water partition coefficient (Wildman–Crippen LogP) is 3.55. The van der Waals surface area contributed by atoms with E-state index in [2.05, 4.69) is 29.3 Å². The summed E-state index contributed by atoms with van der Waals surface area (Å²) in [6.45, 7) is 2.41. The average Bonchev–Trinajstić information content (AvgIpc) is 1.96. The molecule has 2 heteroatoms. The van der Waals surface area contributed by atoms with Gasteiger partial charge in [0.2, 0.25) is 5.14 Å². The third-order valence-electron chi connectivity index (χ3n) is 2.84. The highest BCUT2D eigenvalue weighted by molar-refractivity contribution is 14.1. The third kappa shape index (κ3) is 3.81. The second-order valence-electron chi connectivity index (χ2n) is 3.99. The summed E-state index contributed by atoms with van der Waals surface area (Å²) in [4.78, 5) is 0. The lowest BCUT2D eigenvalue weighted by Gasteiger charge is -2.20. The van der Waals surface area contributed by atoms with Gasteiger partial charge in [0.05, 0.1) is 0 Å². The highest BCUT2D eigenvalue weighted by atomic mass is 127. The Hall–Kier alpha value is 0.795. The van der Waals surface area contributed by atoms with Crippen molar-refractivity contribution in [3.05, 3.63) is 0 Å². The standard InChI is InChI=1S/C9H18BI/c1-8-4-2-6-9(10-11)7-3-5-8/h8-10H,2-7H2,1H3. The van der Waals surface area contributed by atoms with Crippen LogP contribution < -0.4 is 0 Å². The summed E-state index contributed by atoms with van der Waals surface area (Å²) in [5.41, 5.74) is 0. The fourth-order valence-electron chi connectivity index (χ4n) is 1.95. The lowest BCUT2D eigenvalue weighted by atomic mass is 9.76. The van der Waals surface area contributed by atoms with E-state index in [4.69, 9.17) is 0 Å². The lowest BCUT2D eigenvalue weighted by molar-refractivity contribution is 0.404. The van der Waals surface area contributed by atoms with Crippen molar-refractivity contribution < 1.29 is 0 Å². The molecule has 0 aromatic heterocycles. The third-order valence-corrected chi connectivity index (χ3v) is 4.08. The zero-order chi connectivity index (χ0) is 8.10. The molecule has 0 atom stereocenters. The van der Waals surface area contributed by atoms with Crippen molar-refractivity contribution in [2.75, 3.05) is 0 Å². The molecule has 0 radical (unpaired) electrons. The van der Waals surface area contributed by atoms with Crippen LogP contribution >= 0.6 is 22.4 Å². The van der Waals surface area contributed by atoms with E-state index in [-0.39, 0.29) is 0 Å². The van der Waals surface area contributed by atoms with Gasteiger partial charge in [-0.3, -0.25) is 0 Å². The largest absolute Gasteiger partial charge is 0.203 e. The summed E-state index contributed by atoms with van der Waals surface area (Å²) in [5, 5.41) is 1.38. The van der Waals surface area contributed by atoms with E-state index in [1.807, 2.05) is 0 Å². The van der Waals surface area contributed by atoms with Crippen LogP contribution in [0, 0.1) is 5.92 Å². The van der Waals surface area contributed by atoms with Gasteiger partial charge in [-0.2, -0.15) is 22.4 Å². The van der Waals surface area contributed by atoms with Gasteiger partial charge in [0.1, 0.15) is 0 Å². The summed E-state index contributed by atoms with van der Waals surface area (Å²) < 4.78 is 0. The van der Waals surface area contributed by atoms with Gasteiger partial charge in [0.15, 0.2) is 0 Å². The van der Waals surface area contributed by atoms with Crippen molar-refractivity contribution in [3.63, 3.8) is 0 Å². The monoisotopic (exact) mass is 264 g/mol. The lowest BCUT2D eigenvalue weighted by Crippen LogP contribution is -2.05. The molecule has 64 valence electrons. The van der Waals surface area contributed by atoms with E-state index in [0.717, 1.165) is 11.7 Å². The second kappa shape index (κ2) is 5.44. The quantitative estimate of drug-likeness (QED) is 0.501. The van der Waals surface area contributed by atoms with Crippen LogP contribution in [0.2, 0.25) is 5.82 Å². The molecule has 0 N–H and O–H groups in total. The Bertz CT molecular complexity index is 95.7. The van der Waals surface area contributed by atoms with E-state index < -0.39 is 0 Å². The molecule has 0 aromatic rings. The Morgan fingerprint density at radius 2 is 1.64 bits per heavy atom. The zero-order valence-electron chi connectivity index (χ0n) is 7.48. The molecule has 0 bridgehead atoms. The molecule has 0 saturated heterocycles. The molecule has 0 nitrogen and oxygen atoms in total. The van der Waals surface area contributed by atoms with Crippen LogP contribution in [0.1, 0.15) is 45.4 Å². The first-order chi connectivity index (χ1) is 5.33. The van der Waals surface area contributed by atoms with Crippen LogP contribution in [0.5, 0.6) is 0 Å². The number of hydrogen-bond donors (Lipinski definition) is 0.